The summed E-state index contributed by atoms with van der Waals surface area (Å²) in [6.07, 6.45) is 7.29. The van der Waals surface area contributed by atoms with Crippen LogP contribution in [0.1, 0.15) is 5.56 Å². The summed E-state index contributed by atoms with van der Waals surface area (Å²) >= 11 is 0. The Morgan fingerprint density at radius 2 is 2.04 bits per heavy atom. The lowest BCUT2D eigenvalue weighted by atomic mass is 10.0. The largest absolute Gasteiger partial charge is 0.373 e. The zero-order valence-electron chi connectivity index (χ0n) is 12.8. The lowest BCUT2D eigenvalue weighted by molar-refractivity contribution is 1.20. The minimum absolute atomic E-state index is 0.105. The molecule has 0 spiro atoms. The molecule has 0 aliphatic rings. The van der Waals surface area contributed by atoms with Crippen LogP contribution in [0.15, 0.2) is 47.8 Å². The van der Waals surface area contributed by atoms with Gasteiger partial charge >= 0.3 is 0 Å². The third kappa shape index (κ3) is 2.07. The maximum Gasteiger partial charge on any atom is 0.248 e. The standard InChI is InChI=1S/C17H15N5O/c1-10-5-16(23)21-9-13(10)12-6-11-8-20-15(18-2)7-14(11)22-4-3-19-17(12)22/h3-9H,1-2H3,(H,18,20)(H,21,23). The van der Waals surface area contributed by atoms with Gasteiger partial charge in [-0.25, -0.2) is 9.97 Å². The summed E-state index contributed by atoms with van der Waals surface area (Å²) in [6, 6.07) is 5.65. The van der Waals surface area contributed by atoms with E-state index in [9.17, 15) is 4.79 Å². The highest BCUT2D eigenvalue weighted by Gasteiger charge is 2.12. The van der Waals surface area contributed by atoms with Gasteiger partial charge in [0.15, 0.2) is 0 Å². The van der Waals surface area contributed by atoms with Gasteiger partial charge in [-0.1, -0.05) is 0 Å². The first-order valence-corrected chi connectivity index (χ1v) is 7.30. The van der Waals surface area contributed by atoms with Gasteiger partial charge in [-0.05, 0) is 18.6 Å². The Hall–Kier alpha value is -3.15. The number of nitrogens with one attached hydrogen (secondary N) is 2. The molecule has 4 rings (SSSR count). The molecule has 0 aliphatic carbocycles. The molecule has 6 nitrogen and oxygen atoms in total. The lowest BCUT2D eigenvalue weighted by Crippen LogP contribution is -2.05. The summed E-state index contributed by atoms with van der Waals surface area (Å²) in [4.78, 5) is 23.1. The van der Waals surface area contributed by atoms with Crippen LogP contribution >= 0.6 is 0 Å². The van der Waals surface area contributed by atoms with E-state index < -0.39 is 0 Å². The van der Waals surface area contributed by atoms with Crippen molar-refractivity contribution >= 4 is 22.4 Å². The second kappa shape index (κ2) is 4.95. The first kappa shape index (κ1) is 13.5. The molecule has 0 aliphatic heterocycles. The number of pyridine rings is 3. The number of anilines is 1. The highest BCUT2D eigenvalue weighted by Crippen LogP contribution is 2.30. The molecule has 0 unspecified atom stereocenters. The van der Waals surface area contributed by atoms with Crippen molar-refractivity contribution in [3.8, 4) is 11.1 Å². The fourth-order valence-corrected chi connectivity index (χ4v) is 2.89. The predicted molar refractivity (Wildman–Crippen MR) is 90.8 cm³/mol. The summed E-state index contributed by atoms with van der Waals surface area (Å²) in [5, 5.41) is 4.06. The van der Waals surface area contributed by atoms with Gasteiger partial charge in [-0.15, -0.1) is 0 Å². The summed E-state index contributed by atoms with van der Waals surface area (Å²) in [5.74, 6) is 0.806. The minimum atomic E-state index is -0.105. The van der Waals surface area contributed by atoms with Gasteiger partial charge in [0.1, 0.15) is 11.5 Å². The van der Waals surface area contributed by atoms with Crippen LogP contribution in [-0.4, -0.2) is 26.4 Å². The van der Waals surface area contributed by atoms with Crippen LogP contribution in [0, 0.1) is 6.92 Å². The number of hydrogen-bond acceptors (Lipinski definition) is 4. The van der Waals surface area contributed by atoms with Gasteiger partial charge in [-0.3, -0.25) is 9.20 Å². The van der Waals surface area contributed by atoms with Crippen molar-refractivity contribution in [1.82, 2.24) is 19.4 Å². The van der Waals surface area contributed by atoms with Crippen LogP contribution in [0.2, 0.25) is 0 Å². The summed E-state index contributed by atoms with van der Waals surface area (Å²) in [6.45, 7) is 1.93. The predicted octanol–water partition coefficient (Wildman–Crippen LogP) is 2.59. The van der Waals surface area contributed by atoms with Crippen molar-refractivity contribution < 1.29 is 0 Å². The number of nitrogens with zero attached hydrogens (tertiary/aromatic N) is 3. The zero-order chi connectivity index (χ0) is 16.0. The Morgan fingerprint density at radius 3 is 2.83 bits per heavy atom. The van der Waals surface area contributed by atoms with Gasteiger partial charge in [0.2, 0.25) is 5.56 Å². The first-order valence-electron chi connectivity index (χ1n) is 7.30. The molecule has 0 aromatic carbocycles. The van der Waals surface area contributed by atoms with Crippen LogP contribution in [0.5, 0.6) is 0 Å². The smallest absolute Gasteiger partial charge is 0.248 e. The molecule has 0 saturated heterocycles. The van der Waals surface area contributed by atoms with Crippen molar-refractivity contribution in [2.45, 2.75) is 6.92 Å². The molecular formula is C17H15N5O. The van der Waals surface area contributed by atoms with E-state index in [1.807, 2.05) is 36.8 Å². The van der Waals surface area contributed by atoms with E-state index in [0.29, 0.717) is 0 Å². The molecule has 6 heteroatoms. The third-order valence-electron chi connectivity index (χ3n) is 4.03. The Balaban J connectivity index is 2.10. The number of aromatic nitrogens is 4. The minimum Gasteiger partial charge on any atom is -0.373 e. The molecule has 0 radical (unpaired) electrons. The number of hydrogen-bond donors (Lipinski definition) is 2. The molecule has 4 heterocycles. The third-order valence-corrected chi connectivity index (χ3v) is 4.03. The monoisotopic (exact) mass is 305 g/mol. The molecule has 0 atom stereocenters. The number of aryl methyl sites for hydroxylation is 1. The molecule has 4 aromatic heterocycles. The normalized spacial score (nSPS) is 11.2. The van der Waals surface area contributed by atoms with Crippen LogP contribution in [-0.2, 0) is 0 Å². The van der Waals surface area contributed by atoms with Crippen LogP contribution in [0.3, 0.4) is 0 Å². The maximum atomic E-state index is 11.5. The molecule has 0 fully saturated rings. The van der Waals surface area contributed by atoms with Crippen LogP contribution in [0.25, 0.3) is 27.7 Å². The number of H-pyrrole nitrogens is 1. The van der Waals surface area contributed by atoms with E-state index in [0.717, 1.165) is 39.1 Å². The summed E-state index contributed by atoms with van der Waals surface area (Å²) in [7, 11) is 1.84. The fourth-order valence-electron chi connectivity index (χ4n) is 2.89. The van der Waals surface area contributed by atoms with E-state index in [1.165, 1.54) is 0 Å². The van der Waals surface area contributed by atoms with E-state index in [2.05, 4.69) is 26.3 Å². The highest BCUT2D eigenvalue weighted by molar-refractivity contribution is 5.92. The van der Waals surface area contributed by atoms with Gasteiger partial charge in [0.25, 0.3) is 0 Å². The SMILES string of the molecule is CNc1cc2c(cn1)cc(-c1c[nH]c(=O)cc1C)c1nccn12. The second-order valence-corrected chi connectivity index (χ2v) is 5.45. The second-order valence-electron chi connectivity index (χ2n) is 5.45. The fraction of sp³-hybridized carbons (Fsp3) is 0.118. The van der Waals surface area contributed by atoms with Gasteiger partial charge in [-0.2, -0.15) is 0 Å². The highest BCUT2D eigenvalue weighted by atomic mass is 16.1. The molecule has 114 valence electrons. The van der Waals surface area contributed by atoms with Crippen LogP contribution < -0.4 is 10.9 Å². The number of imidazole rings is 1. The Kier molecular flexibility index (Phi) is 2.90. The van der Waals surface area contributed by atoms with E-state index in [1.54, 1.807) is 18.5 Å². The zero-order valence-corrected chi connectivity index (χ0v) is 12.8. The molecule has 23 heavy (non-hydrogen) atoms. The number of aromatic amines is 1. The molecule has 0 saturated carbocycles. The van der Waals surface area contributed by atoms with Gasteiger partial charge in [0.05, 0.1) is 5.52 Å². The molecular weight excluding hydrogens is 290 g/mol. The number of fused-ring (bicyclic) bond motifs is 3. The van der Waals surface area contributed by atoms with Crippen LogP contribution in [0.4, 0.5) is 5.82 Å². The maximum absolute atomic E-state index is 11.5. The van der Waals surface area contributed by atoms with Crippen molar-refractivity contribution in [2.24, 2.45) is 0 Å². The van der Waals surface area contributed by atoms with Crippen molar-refractivity contribution in [3.05, 3.63) is 58.9 Å². The van der Waals surface area contributed by atoms with Crippen molar-refractivity contribution in [3.63, 3.8) is 0 Å². The van der Waals surface area contributed by atoms with Crippen molar-refractivity contribution in [1.29, 1.82) is 0 Å². The van der Waals surface area contributed by atoms with Crippen molar-refractivity contribution in [2.75, 3.05) is 12.4 Å². The van der Waals surface area contributed by atoms with E-state index in [-0.39, 0.29) is 5.56 Å². The summed E-state index contributed by atoms with van der Waals surface area (Å²) < 4.78 is 2.04. The molecule has 0 bridgehead atoms. The van der Waals surface area contributed by atoms with E-state index >= 15 is 0 Å². The number of rotatable bonds is 2. The Morgan fingerprint density at radius 1 is 1.17 bits per heavy atom. The average molecular weight is 305 g/mol. The molecule has 4 aromatic rings. The Labute approximate surface area is 131 Å². The molecule has 0 amide bonds. The lowest BCUT2D eigenvalue weighted by Gasteiger charge is -2.11. The summed E-state index contributed by atoms with van der Waals surface area (Å²) in [5.41, 5.74) is 4.61. The quantitative estimate of drug-likeness (QED) is 0.597. The topological polar surface area (TPSA) is 75.1 Å². The Bertz CT molecular complexity index is 1090. The van der Waals surface area contributed by atoms with E-state index in [4.69, 9.17) is 0 Å². The van der Waals surface area contributed by atoms with Gasteiger partial charge in [0, 0.05) is 60.5 Å². The average Bonchev–Trinajstić information content (AvgIpc) is 3.04. The first-order chi connectivity index (χ1) is 11.2. The van der Waals surface area contributed by atoms with Gasteiger partial charge < -0.3 is 10.3 Å². The molecule has 2 N–H and O–H groups in total.